The lowest BCUT2D eigenvalue weighted by molar-refractivity contribution is -0.0257. The largest absolute Gasteiger partial charge is 0.497 e. The van der Waals surface area contributed by atoms with Gasteiger partial charge < -0.3 is 19.5 Å². The summed E-state index contributed by atoms with van der Waals surface area (Å²) in [5.74, 6) is 0.793. The van der Waals surface area contributed by atoms with Gasteiger partial charge >= 0.3 is 0 Å². The van der Waals surface area contributed by atoms with Gasteiger partial charge in [-0.1, -0.05) is 24.3 Å². The minimum atomic E-state index is -0.853. The molecule has 0 spiro atoms. The Bertz CT molecular complexity index is 893. The van der Waals surface area contributed by atoms with Crippen LogP contribution in [0.2, 0.25) is 0 Å². The van der Waals surface area contributed by atoms with Crippen LogP contribution in [0.4, 0.5) is 0 Å². The molecule has 6 nitrogen and oxygen atoms in total. The average molecular weight is 411 g/mol. The molecule has 1 atom stereocenters. The third kappa shape index (κ3) is 4.36. The summed E-state index contributed by atoms with van der Waals surface area (Å²) in [5.41, 5.74) is 2.88. The van der Waals surface area contributed by atoms with Gasteiger partial charge in [0.15, 0.2) is 0 Å². The molecule has 2 aromatic carbocycles. The van der Waals surface area contributed by atoms with E-state index in [2.05, 4.69) is 4.90 Å². The molecule has 0 saturated carbocycles. The van der Waals surface area contributed by atoms with Crippen LogP contribution in [-0.4, -0.2) is 79.5 Å². The molecule has 1 N–H and O–H groups in total. The van der Waals surface area contributed by atoms with Gasteiger partial charge in [-0.05, 0) is 48.2 Å². The van der Waals surface area contributed by atoms with Gasteiger partial charge in [-0.15, -0.1) is 0 Å². The van der Waals surface area contributed by atoms with Gasteiger partial charge in [0, 0.05) is 31.7 Å². The number of ether oxygens (including phenoxy) is 2. The van der Waals surface area contributed by atoms with Crippen molar-refractivity contribution in [2.75, 3.05) is 53.0 Å². The van der Waals surface area contributed by atoms with Crippen molar-refractivity contribution in [1.29, 1.82) is 0 Å². The molecule has 2 fully saturated rings. The number of β-amino-alcohol motifs (C(OH)–C–C–N with tert-alkyl or cyclic N) is 1. The molecular weight excluding hydrogens is 380 g/mol. The predicted octanol–water partition coefficient (Wildman–Crippen LogP) is 2.58. The number of methoxy groups -OCH3 is 1. The minimum absolute atomic E-state index is 0.0132. The van der Waals surface area contributed by atoms with Crippen LogP contribution < -0.4 is 4.74 Å². The fourth-order valence-corrected chi connectivity index (χ4v) is 4.46. The van der Waals surface area contributed by atoms with Gasteiger partial charge in [0.25, 0.3) is 5.91 Å². The van der Waals surface area contributed by atoms with E-state index in [1.165, 1.54) is 0 Å². The van der Waals surface area contributed by atoms with Crippen LogP contribution in [0.5, 0.6) is 5.75 Å². The molecule has 2 aliphatic rings. The normalized spacial score (nSPS) is 22.3. The predicted molar refractivity (Wildman–Crippen MR) is 116 cm³/mol. The van der Waals surface area contributed by atoms with Gasteiger partial charge in [-0.2, -0.15) is 0 Å². The summed E-state index contributed by atoms with van der Waals surface area (Å²) in [7, 11) is 1.65. The Kier molecular flexibility index (Phi) is 6.09. The lowest BCUT2D eigenvalue weighted by Gasteiger charge is -2.33. The van der Waals surface area contributed by atoms with E-state index in [9.17, 15) is 9.90 Å². The van der Waals surface area contributed by atoms with E-state index in [0.717, 1.165) is 35.5 Å². The summed E-state index contributed by atoms with van der Waals surface area (Å²) in [6, 6.07) is 13.7. The van der Waals surface area contributed by atoms with Crippen molar-refractivity contribution in [3.05, 3.63) is 53.6 Å². The smallest absolute Gasteiger partial charge is 0.254 e. The highest BCUT2D eigenvalue weighted by atomic mass is 16.5. The Morgan fingerprint density at radius 2 is 1.87 bits per heavy atom. The molecule has 160 valence electrons. The van der Waals surface area contributed by atoms with Crippen molar-refractivity contribution in [3.63, 3.8) is 0 Å². The number of likely N-dealkylation sites (tertiary alicyclic amines) is 1. The molecule has 4 rings (SSSR count). The number of nitrogens with zero attached hydrogens (tertiary/aromatic N) is 2. The molecule has 2 saturated heterocycles. The van der Waals surface area contributed by atoms with Crippen molar-refractivity contribution in [2.45, 2.75) is 18.9 Å². The highest BCUT2D eigenvalue weighted by Crippen LogP contribution is 2.30. The van der Waals surface area contributed by atoms with Crippen LogP contribution in [0.3, 0.4) is 0 Å². The molecule has 6 heteroatoms. The third-order valence-corrected chi connectivity index (χ3v) is 6.21. The Hall–Kier alpha value is -2.41. The van der Waals surface area contributed by atoms with E-state index in [4.69, 9.17) is 9.47 Å². The molecule has 0 bridgehead atoms. The van der Waals surface area contributed by atoms with Crippen LogP contribution in [0.15, 0.2) is 42.5 Å². The van der Waals surface area contributed by atoms with E-state index in [-0.39, 0.29) is 5.91 Å². The number of benzene rings is 2. The molecule has 30 heavy (non-hydrogen) atoms. The van der Waals surface area contributed by atoms with Crippen molar-refractivity contribution in [1.82, 2.24) is 9.80 Å². The van der Waals surface area contributed by atoms with E-state index in [0.29, 0.717) is 44.8 Å². The Labute approximate surface area is 178 Å². The first-order chi connectivity index (χ1) is 14.5. The Morgan fingerprint density at radius 3 is 2.57 bits per heavy atom. The molecule has 0 radical (unpaired) electrons. The second kappa shape index (κ2) is 8.76. The molecule has 0 aromatic heterocycles. The number of aliphatic hydroxyl groups is 1. The standard InChI is InChI=1S/C24H30N2O4/c1-18-21(19-6-8-20(29-2)9-7-19)4-3-5-22(18)23(27)26-11-10-24(28,17-26)16-25-12-14-30-15-13-25/h3-9,28H,10-17H2,1-2H3. The highest BCUT2D eigenvalue weighted by Gasteiger charge is 2.40. The van der Waals surface area contributed by atoms with Gasteiger partial charge in [-0.25, -0.2) is 0 Å². The zero-order valence-corrected chi connectivity index (χ0v) is 17.8. The minimum Gasteiger partial charge on any atom is -0.497 e. The second-order valence-electron chi connectivity index (χ2n) is 8.30. The molecule has 1 amide bonds. The van der Waals surface area contributed by atoms with Crippen LogP contribution in [0, 0.1) is 6.92 Å². The van der Waals surface area contributed by atoms with Crippen LogP contribution in [0.1, 0.15) is 22.3 Å². The van der Waals surface area contributed by atoms with Gasteiger partial charge in [0.1, 0.15) is 5.75 Å². The molecule has 2 heterocycles. The lowest BCUT2D eigenvalue weighted by Crippen LogP contribution is -2.49. The molecule has 2 aromatic rings. The number of carbonyl (C=O) groups excluding carboxylic acids is 1. The first-order valence-electron chi connectivity index (χ1n) is 10.5. The monoisotopic (exact) mass is 410 g/mol. The van der Waals surface area contributed by atoms with Gasteiger partial charge in [0.05, 0.1) is 32.5 Å². The maximum absolute atomic E-state index is 13.3. The van der Waals surface area contributed by atoms with E-state index in [1.54, 1.807) is 12.0 Å². The van der Waals surface area contributed by atoms with Crippen molar-refractivity contribution in [2.24, 2.45) is 0 Å². The topological polar surface area (TPSA) is 62.2 Å². The zero-order valence-electron chi connectivity index (χ0n) is 17.8. The summed E-state index contributed by atoms with van der Waals surface area (Å²) >= 11 is 0. The molecule has 2 aliphatic heterocycles. The lowest BCUT2D eigenvalue weighted by atomic mass is 9.95. The Balaban J connectivity index is 1.49. The van der Waals surface area contributed by atoms with Crippen molar-refractivity contribution < 1.29 is 19.4 Å². The third-order valence-electron chi connectivity index (χ3n) is 6.21. The first-order valence-corrected chi connectivity index (χ1v) is 10.5. The quantitative estimate of drug-likeness (QED) is 0.821. The number of hydrogen-bond acceptors (Lipinski definition) is 5. The number of rotatable bonds is 5. The van der Waals surface area contributed by atoms with Crippen LogP contribution >= 0.6 is 0 Å². The fourth-order valence-electron chi connectivity index (χ4n) is 4.46. The van der Waals surface area contributed by atoms with E-state index >= 15 is 0 Å². The first kappa shape index (κ1) is 20.8. The van der Waals surface area contributed by atoms with Crippen molar-refractivity contribution in [3.8, 4) is 16.9 Å². The zero-order chi connectivity index (χ0) is 21.1. The summed E-state index contributed by atoms with van der Waals surface area (Å²) in [6.45, 7) is 6.60. The number of morpholine rings is 1. The maximum Gasteiger partial charge on any atom is 0.254 e. The maximum atomic E-state index is 13.3. The summed E-state index contributed by atoms with van der Waals surface area (Å²) in [5, 5.41) is 11.1. The average Bonchev–Trinajstić information content (AvgIpc) is 3.16. The second-order valence-corrected chi connectivity index (χ2v) is 8.30. The van der Waals surface area contributed by atoms with E-state index < -0.39 is 5.60 Å². The van der Waals surface area contributed by atoms with Crippen LogP contribution in [-0.2, 0) is 4.74 Å². The summed E-state index contributed by atoms with van der Waals surface area (Å²) in [6.07, 6.45) is 0.604. The molecular formula is C24H30N2O4. The molecule has 0 aliphatic carbocycles. The highest BCUT2D eigenvalue weighted by molar-refractivity contribution is 5.97. The van der Waals surface area contributed by atoms with Gasteiger partial charge in [0.2, 0.25) is 0 Å². The van der Waals surface area contributed by atoms with Crippen LogP contribution in [0.25, 0.3) is 11.1 Å². The molecule has 1 unspecified atom stereocenters. The Morgan fingerprint density at radius 1 is 1.13 bits per heavy atom. The number of carbonyl (C=O) groups is 1. The summed E-state index contributed by atoms with van der Waals surface area (Å²) < 4.78 is 10.6. The van der Waals surface area contributed by atoms with E-state index in [1.807, 2.05) is 49.4 Å². The van der Waals surface area contributed by atoms with Crippen molar-refractivity contribution >= 4 is 5.91 Å². The summed E-state index contributed by atoms with van der Waals surface area (Å²) in [4.78, 5) is 17.3. The fraction of sp³-hybridized carbons (Fsp3) is 0.458. The number of hydrogen-bond donors (Lipinski definition) is 1. The SMILES string of the molecule is COc1ccc(-c2cccc(C(=O)N3CCC(O)(CN4CCOCC4)C3)c2C)cc1. The van der Waals surface area contributed by atoms with Gasteiger partial charge in [-0.3, -0.25) is 9.69 Å². The number of amides is 1.